The predicted octanol–water partition coefficient (Wildman–Crippen LogP) is 1.57. The first kappa shape index (κ1) is 15.9. The van der Waals surface area contributed by atoms with Gasteiger partial charge in [0.25, 0.3) is 0 Å². The fourth-order valence-corrected chi connectivity index (χ4v) is 3.17. The molecule has 2 aliphatic rings. The second kappa shape index (κ2) is 6.70. The number of amides is 1. The van der Waals surface area contributed by atoms with Gasteiger partial charge < -0.3 is 14.8 Å². The van der Waals surface area contributed by atoms with Gasteiger partial charge in [0.1, 0.15) is 11.8 Å². The monoisotopic (exact) mass is 340 g/mol. The van der Waals surface area contributed by atoms with Gasteiger partial charge in [-0.1, -0.05) is 12.1 Å². The van der Waals surface area contributed by atoms with E-state index in [1.54, 1.807) is 25.4 Å². The smallest absolute Gasteiger partial charge is 0.242 e. The standard InChI is InChI=1S/C18H20N4O3/c1-24-17-5-3-13(10-19-17)20-18(23)15-9-14(21-22-15)11-2-4-16-12(8-11)6-7-25-16/h2-5,8,10,14-15,21-22H,6-7,9H2,1H3,(H,20,23). The van der Waals surface area contributed by atoms with Crippen LogP contribution in [0.4, 0.5) is 5.69 Å². The molecule has 0 saturated carbocycles. The number of hydrogen-bond donors (Lipinski definition) is 3. The van der Waals surface area contributed by atoms with Crippen LogP contribution in [0.1, 0.15) is 23.6 Å². The highest BCUT2D eigenvalue weighted by molar-refractivity contribution is 5.94. The van der Waals surface area contributed by atoms with Crippen LogP contribution in [0, 0.1) is 0 Å². The average molecular weight is 340 g/mol. The molecule has 25 heavy (non-hydrogen) atoms. The normalized spacial score (nSPS) is 21.5. The number of pyridine rings is 1. The number of aromatic nitrogens is 1. The van der Waals surface area contributed by atoms with Gasteiger partial charge in [-0.25, -0.2) is 15.8 Å². The van der Waals surface area contributed by atoms with Crippen molar-refractivity contribution in [3.8, 4) is 11.6 Å². The highest BCUT2D eigenvalue weighted by atomic mass is 16.5. The molecule has 2 aliphatic heterocycles. The Morgan fingerprint density at radius 3 is 3.04 bits per heavy atom. The fourth-order valence-electron chi connectivity index (χ4n) is 3.17. The van der Waals surface area contributed by atoms with Crippen molar-refractivity contribution in [3.05, 3.63) is 47.7 Å². The molecule has 1 fully saturated rings. The van der Waals surface area contributed by atoms with Gasteiger partial charge in [0, 0.05) is 18.5 Å². The highest BCUT2D eigenvalue weighted by Gasteiger charge is 2.30. The van der Waals surface area contributed by atoms with Crippen LogP contribution in [-0.4, -0.2) is 30.6 Å². The van der Waals surface area contributed by atoms with Gasteiger partial charge in [0.05, 0.1) is 25.6 Å². The van der Waals surface area contributed by atoms with Crippen molar-refractivity contribution in [2.24, 2.45) is 0 Å². The minimum Gasteiger partial charge on any atom is -0.493 e. The summed E-state index contributed by atoms with van der Waals surface area (Å²) < 4.78 is 10.6. The summed E-state index contributed by atoms with van der Waals surface area (Å²) in [7, 11) is 1.56. The quantitative estimate of drug-likeness (QED) is 0.784. The van der Waals surface area contributed by atoms with Gasteiger partial charge in [-0.05, 0) is 29.7 Å². The zero-order valence-electron chi connectivity index (χ0n) is 13.9. The minimum absolute atomic E-state index is 0.0912. The Kier molecular flexibility index (Phi) is 4.25. The van der Waals surface area contributed by atoms with Crippen LogP contribution in [0.5, 0.6) is 11.6 Å². The SMILES string of the molecule is COc1ccc(NC(=O)C2CC(c3ccc4c(c3)CCO4)NN2)cn1. The number of benzene rings is 1. The number of fused-ring (bicyclic) bond motifs is 1. The van der Waals surface area contributed by atoms with E-state index in [1.165, 1.54) is 5.56 Å². The highest BCUT2D eigenvalue weighted by Crippen LogP contribution is 2.30. The molecule has 0 aliphatic carbocycles. The number of carbonyl (C=O) groups is 1. The van der Waals surface area contributed by atoms with Gasteiger partial charge in [-0.2, -0.15) is 0 Å². The maximum atomic E-state index is 12.4. The van der Waals surface area contributed by atoms with Gasteiger partial charge in [0.2, 0.25) is 11.8 Å². The average Bonchev–Trinajstić information content (AvgIpc) is 3.31. The third-order valence-corrected chi connectivity index (χ3v) is 4.55. The van der Waals surface area contributed by atoms with E-state index in [9.17, 15) is 4.79 Å². The molecule has 1 aromatic heterocycles. The van der Waals surface area contributed by atoms with Crippen molar-refractivity contribution in [2.75, 3.05) is 19.0 Å². The van der Waals surface area contributed by atoms with Gasteiger partial charge >= 0.3 is 0 Å². The van der Waals surface area contributed by atoms with Crippen molar-refractivity contribution < 1.29 is 14.3 Å². The van der Waals surface area contributed by atoms with E-state index in [0.717, 1.165) is 24.3 Å². The number of hydrogen-bond acceptors (Lipinski definition) is 6. The zero-order chi connectivity index (χ0) is 17.2. The second-order valence-corrected chi connectivity index (χ2v) is 6.17. The van der Waals surface area contributed by atoms with Gasteiger partial charge in [-0.3, -0.25) is 4.79 Å². The van der Waals surface area contributed by atoms with Crippen LogP contribution in [0.25, 0.3) is 0 Å². The topological polar surface area (TPSA) is 84.5 Å². The molecular formula is C18H20N4O3. The number of nitrogens with zero attached hydrogens (tertiary/aromatic N) is 1. The molecule has 2 unspecified atom stereocenters. The van der Waals surface area contributed by atoms with E-state index in [4.69, 9.17) is 9.47 Å². The fraction of sp³-hybridized carbons (Fsp3) is 0.333. The third-order valence-electron chi connectivity index (χ3n) is 4.55. The van der Waals surface area contributed by atoms with Crippen LogP contribution in [0.2, 0.25) is 0 Å². The molecule has 130 valence electrons. The van der Waals surface area contributed by atoms with Crippen LogP contribution in [-0.2, 0) is 11.2 Å². The van der Waals surface area contributed by atoms with Crippen molar-refractivity contribution in [1.82, 2.24) is 15.8 Å². The molecule has 7 heteroatoms. The molecule has 2 atom stereocenters. The summed E-state index contributed by atoms with van der Waals surface area (Å²) in [6.07, 6.45) is 3.20. The zero-order valence-corrected chi connectivity index (χ0v) is 13.9. The Morgan fingerprint density at radius 2 is 2.24 bits per heavy atom. The number of hydrazine groups is 1. The second-order valence-electron chi connectivity index (χ2n) is 6.17. The van der Waals surface area contributed by atoms with E-state index < -0.39 is 0 Å². The number of methoxy groups -OCH3 is 1. The lowest BCUT2D eigenvalue weighted by Crippen LogP contribution is -2.39. The first-order chi connectivity index (χ1) is 12.2. The lowest BCUT2D eigenvalue weighted by Gasteiger charge is -2.11. The summed E-state index contributed by atoms with van der Waals surface area (Å²) in [6, 6.07) is 9.49. The molecule has 7 nitrogen and oxygen atoms in total. The van der Waals surface area contributed by atoms with E-state index >= 15 is 0 Å². The number of rotatable bonds is 4. The Hall–Kier alpha value is -2.64. The summed E-state index contributed by atoms with van der Waals surface area (Å²) >= 11 is 0. The van der Waals surface area contributed by atoms with Crippen molar-refractivity contribution in [2.45, 2.75) is 24.9 Å². The van der Waals surface area contributed by atoms with E-state index in [-0.39, 0.29) is 18.0 Å². The summed E-state index contributed by atoms with van der Waals surface area (Å²) in [5.41, 5.74) is 9.33. The van der Waals surface area contributed by atoms with Gasteiger partial charge in [-0.15, -0.1) is 0 Å². The molecule has 1 saturated heterocycles. The van der Waals surface area contributed by atoms with Crippen LogP contribution in [0.15, 0.2) is 36.5 Å². The lowest BCUT2D eigenvalue weighted by atomic mass is 9.99. The molecule has 3 heterocycles. The first-order valence-corrected chi connectivity index (χ1v) is 8.30. The largest absolute Gasteiger partial charge is 0.493 e. The lowest BCUT2D eigenvalue weighted by molar-refractivity contribution is -0.117. The van der Waals surface area contributed by atoms with E-state index in [2.05, 4.69) is 33.3 Å². The molecule has 0 bridgehead atoms. The van der Waals surface area contributed by atoms with Crippen molar-refractivity contribution in [1.29, 1.82) is 0 Å². The predicted molar refractivity (Wildman–Crippen MR) is 92.5 cm³/mol. The molecule has 4 rings (SSSR count). The number of carbonyl (C=O) groups excluding carboxylic acids is 1. The number of anilines is 1. The van der Waals surface area contributed by atoms with Crippen LogP contribution in [0.3, 0.4) is 0 Å². The Morgan fingerprint density at radius 1 is 1.32 bits per heavy atom. The molecule has 0 spiro atoms. The number of nitrogens with one attached hydrogen (secondary N) is 3. The summed E-state index contributed by atoms with van der Waals surface area (Å²) in [5, 5.41) is 2.87. The molecule has 1 amide bonds. The third kappa shape index (κ3) is 3.29. The Balaban J connectivity index is 1.38. The van der Waals surface area contributed by atoms with Crippen molar-refractivity contribution in [3.63, 3.8) is 0 Å². The molecule has 0 radical (unpaired) electrons. The first-order valence-electron chi connectivity index (χ1n) is 8.30. The molecule has 2 aromatic rings. The molecule has 1 aromatic carbocycles. The van der Waals surface area contributed by atoms with Crippen LogP contribution >= 0.6 is 0 Å². The number of ether oxygens (including phenoxy) is 2. The van der Waals surface area contributed by atoms with Gasteiger partial charge in [0.15, 0.2) is 0 Å². The van der Waals surface area contributed by atoms with Crippen LogP contribution < -0.4 is 25.6 Å². The Labute approximate surface area is 145 Å². The molecular weight excluding hydrogens is 320 g/mol. The van der Waals surface area contributed by atoms with Crippen molar-refractivity contribution >= 4 is 11.6 Å². The minimum atomic E-state index is -0.309. The summed E-state index contributed by atoms with van der Waals surface area (Å²) in [5.74, 6) is 1.39. The maximum Gasteiger partial charge on any atom is 0.242 e. The Bertz CT molecular complexity index is 778. The molecule has 3 N–H and O–H groups in total. The maximum absolute atomic E-state index is 12.4. The summed E-state index contributed by atoms with van der Waals surface area (Å²) in [6.45, 7) is 0.746. The summed E-state index contributed by atoms with van der Waals surface area (Å²) in [4.78, 5) is 16.5. The van der Waals surface area contributed by atoms with E-state index in [0.29, 0.717) is 18.0 Å². The van der Waals surface area contributed by atoms with E-state index in [1.807, 2.05) is 6.07 Å².